The van der Waals surface area contributed by atoms with Gasteiger partial charge in [-0.2, -0.15) is 0 Å². The Hall–Kier alpha value is -3.06. The first-order valence-electron chi connectivity index (χ1n) is 10.0. The monoisotopic (exact) mass is 445 g/mol. The second-order valence-corrected chi connectivity index (χ2v) is 8.04. The summed E-state index contributed by atoms with van der Waals surface area (Å²) in [6.07, 6.45) is 0. The molecule has 0 heterocycles. The van der Waals surface area contributed by atoms with Crippen LogP contribution in [0.5, 0.6) is 5.75 Å². The van der Waals surface area contributed by atoms with Crippen LogP contribution in [0.4, 0.5) is 5.69 Å². The van der Waals surface area contributed by atoms with Crippen LogP contribution in [0, 0.1) is 12.8 Å². The molecule has 2 N–H and O–H groups in total. The lowest BCUT2D eigenvalue weighted by Gasteiger charge is -2.24. The fourth-order valence-corrected chi connectivity index (χ4v) is 2.84. The average Bonchev–Trinajstić information content (AvgIpc) is 2.72. The van der Waals surface area contributed by atoms with E-state index in [0.717, 1.165) is 5.56 Å². The number of hydrogen-bond donors (Lipinski definition) is 2. The van der Waals surface area contributed by atoms with Gasteiger partial charge in [-0.05, 0) is 49.2 Å². The standard InChI is InChI=1S/C23H28ClN3O4/c1-16(2)13-27(23(30)15-31-20-10-6-18(24)7-11-20)14-22(29)25-12-21(28)26-19-8-4-17(3)5-9-19/h4-11,16H,12-15H2,1-3H3,(H,25,29)(H,26,28). The van der Waals surface area contributed by atoms with Crippen molar-refractivity contribution < 1.29 is 19.1 Å². The maximum atomic E-state index is 12.6. The fraction of sp³-hybridized carbons (Fsp3) is 0.348. The lowest BCUT2D eigenvalue weighted by Crippen LogP contribution is -2.45. The van der Waals surface area contributed by atoms with E-state index < -0.39 is 5.91 Å². The average molecular weight is 446 g/mol. The van der Waals surface area contributed by atoms with Gasteiger partial charge in [0.15, 0.2) is 6.61 Å². The Kier molecular flexibility index (Phi) is 9.34. The van der Waals surface area contributed by atoms with Gasteiger partial charge in [0, 0.05) is 17.3 Å². The van der Waals surface area contributed by atoms with Crippen LogP contribution in [0.3, 0.4) is 0 Å². The zero-order valence-electron chi connectivity index (χ0n) is 18.0. The zero-order valence-corrected chi connectivity index (χ0v) is 18.7. The molecular weight excluding hydrogens is 418 g/mol. The highest BCUT2D eigenvalue weighted by Gasteiger charge is 2.19. The van der Waals surface area contributed by atoms with Crippen molar-refractivity contribution in [1.29, 1.82) is 0 Å². The van der Waals surface area contributed by atoms with Gasteiger partial charge >= 0.3 is 0 Å². The van der Waals surface area contributed by atoms with Crippen LogP contribution >= 0.6 is 11.6 Å². The highest BCUT2D eigenvalue weighted by atomic mass is 35.5. The molecule has 166 valence electrons. The molecule has 0 spiro atoms. The quantitative estimate of drug-likeness (QED) is 0.587. The maximum absolute atomic E-state index is 12.6. The molecule has 0 saturated carbocycles. The molecule has 0 bridgehead atoms. The summed E-state index contributed by atoms with van der Waals surface area (Å²) in [6, 6.07) is 14.0. The number of ether oxygens (including phenoxy) is 1. The fourth-order valence-electron chi connectivity index (χ4n) is 2.71. The van der Waals surface area contributed by atoms with E-state index in [9.17, 15) is 14.4 Å². The Bertz CT molecular complexity index is 883. The third-order valence-corrected chi connectivity index (χ3v) is 4.48. The number of carbonyl (C=O) groups is 3. The molecule has 0 saturated heterocycles. The minimum absolute atomic E-state index is 0.154. The third kappa shape index (κ3) is 9.09. The van der Waals surface area contributed by atoms with Crippen LogP contribution < -0.4 is 15.4 Å². The predicted octanol–water partition coefficient (Wildman–Crippen LogP) is 3.27. The summed E-state index contributed by atoms with van der Waals surface area (Å²) >= 11 is 5.84. The zero-order chi connectivity index (χ0) is 22.8. The molecular formula is C23H28ClN3O4. The van der Waals surface area contributed by atoms with Crippen LogP contribution in [0.25, 0.3) is 0 Å². The van der Waals surface area contributed by atoms with Crippen molar-refractivity contribution >= 4 is 35.0 Å². The van der Waals surface area contributed by atoms with Gasteiger partial charge in [0.2, 0.25) is 11.8 Å². The Morgan fingerprint density at radius 3 is 2.26 bits per heavy atom. The smallest absolute Gasteiger partial charge is 0.260 e. The minimum atomic E-state index is -0.417. The molecule has 3 amide bonds. The van der Waals surface area contributed by atoms with Crippen molar-refractivity contribution in [3.63, 3.8) is 0 Å². The van der Waals surface area contributed by atoms with Crippen molar-refractivity contribution in [2.75, 3.05) is 31.6 Å². The molecule has 2 aromatic carbocycles. The van der Waals surface area contributed by atoms with Crippen LogP contribution in [0.1, 0.15) is 19.4 Å². The number of nitrogens with zero attached hydrogens (tertiary/aromatic N) is 1. The number of aryl methyl sites for hydroxylation is 1. The molecule has 0 aliphatic heterocycles. The highest BCUT2D eigenvalue weighted by Crippen LogP contribution is 2.15. The van der Waals surface area contributed by atoms with Crippen molar-refractivity contribution in [3.05, 3.63) is 59.1 Å². The van der Waals surface area contributed by atoms with E-state index in [1.165, 1.54) is 4.90 Å². The normalized spacial score (nSPS) is 10.5. The second kappa shape index (κ2) is 12.0. The number of benzene rings is 2. The Labute approximate surface area is 187 Å². The molecule has 0 fully saturated rings. The number of carbonyl (C=O) groups excluding carboxylic acids is 3. The van der Waals surface area contributed by atoms with Gasteiger partial charge in [0.25, 0.3) is 5.91 Å². The summed E-state index contributed by atoms with van der Waals surface area (Å²) in [6.45, 7) is 5.72. The first-order chi connectivity index (χ1) is 14.7. The van der Waals surface area contributed by atoms with E-state index in [1.54, 1.807) is 36.4 Å². The first kappa shape index (κ1) is 24.2. The molecule has 2 rings (SSSR count). The number of anilines is 1. The number of rotatable bonds is 10. The van der Waals surface area contributed by atoms with Crippen LogP contribution in [-0.4, -0.2) is 48.9 Å². The molecule has 2 aromatic rings. The van der Waals surface area contributed by atoms with E-state index in [4.69, 9.17) is 16.3 Å². The molecule has 0 aliphatic rings. The number of nitrogens with one attached hydrogen (secondary N) is 2. The molecule has 8 heteroatoms. The number of amides is 3. The van der Waals surface area contributed by atoms with Gasteiger partial charge in [-0.15, -0.1) is 0 Å². The predicted molar refractivity (Wildman–Crippen MR) is 121 cm³/mol. The van der Waals surface area contributed by atoms with Gasteiger partial charge in [-0.3, -0.25) is 14.4 Å². The lowest BCUT2D eigenvalue weighted by atomic mass is 10.2. The van der Waals surface area contributed by atoms with Gasteiger partial charge < -0.3 is 20.3 Å². The molecule has 0 unspecified atom stereocenters. The lowest BCUT2D eigenvalue weighted by molar-refractivity contribution is -0.138. The Balaban J connectivity index is 1.83. The Morgan fingerprint density at radius 2 is 1.65 bits per heavy atom. The van der Waals surface area contributed by atoms with E-state index in [-0.39, 0.29) is 37.4 Å². The Morgan fingerprint density at radius 1 is 1.00 bits per heavy atom. The van der Waals surface area contributed by atoms with E-state index in [0.29, 0.717) is 23.0 Å². The molecule has 0 atom stereocenters. The van der Waals surface area contributed by atoms with Crippen LogP contribution in [0.15, 0.2) is 48.5 Å². The van der Waals surface area contributed by atoms with E-state index in [1.807, 2.05) is 32.9 Å². The topological polar surface area (TPSA) is 87.7 Å². The molecule has 0 aromatic heterocycles. The van der Waals surface area contributed by atoms with Crippen molar-refractivity contribution in [2.24, 2.45) is 5.92 Å². The summed E-state index contributed by atoms with van der Waals surface area (Å²) < 4.78 is 5.49. The van der Waals surface area contributed by atoms with Crippen molar-refractivity contribution in [1.82, 2.24) is 10.2 Å². The van der Waals surface area contributed by atoms with E-state index in [2.05, 4.69) is 10.6 Å². The van der Waals surface area contributed by atoms with Crippen LogP contribution in [0.2, 0.25) is 5.02 Å². The van der Waals surface area contributed by atoms with E-state index >= 15 is 0 Å². The summed E-state index contributed by atoms with van der Waals surface area (Å²) in [5.74, 6) is -0.399. The third-order valence-electron chi connectivity index (χ3n) is 4.23. The summed E-state index contributed by atoms with van der Waals surface area (Å²) in [5.41, 5.74) is 1.74. The van der Waals surface area contributed by atoms with Gasteiger partial charge in [0.05, 0.1) is 13.1 Å². The molecule has 7 nitrogen and oxygen atoms in total. The minimum Gasteiger partial charge on any atom is -0.484 e. The van der Waals surface area contributed by atoms with Gasteiger partial charge in [-0.25, -0.2) is 0 Å². The first-order valence-corrected chi connectivity index (χ1v) is 10.4. The SMILES string of the molecule is Cc1ccc(NC(=O)CNC(=O)CN(CC(C)C)C(=O)COc2ccc(Cl)cc2)cc1. The number of hydrogen-bond acceptors (Lipinski definition) is 4. The molecule has 31 heavy (non-hydrogen) atoms. The molecule has 0 aliphatic carbocycles. The van der Waals surface area contributed by atoms with Crippen molar-refractivity contribution in [3.8, 4) is 5.75 Å². The maximum Gasteiger partial charge on any atom is 0.260 e. The summed E-state index contributed by atoms with van der Waals surface area (Å²) in [7, 11) is 0. The van der Waals surface area contributed by atoms with Gasteiger partial charge in [0.1, 0.15) is 5.75 Å². The van der Waals surface area contributed by atoms with Gasteiger partial charge in [-0.1, -0.05) is 43.1 Å². The highest BCUT2D eigenvalue weighted by molar-refractivity contribution is 6.30. The van der Waals surface area contributed by atoms with Crippen molar-refractivity contribution in [2.45, 2.75) is 20.8 Å². The second-order valence-electron chi connectivity index (χ2n) is 7.60. The molecule has 0 radical (unpaired) electrons. The largest absolute Gasteiger partial charge is 0.484 e. The van der Waals surface area contributed by atoms with Crippen LogP contribution in [-0.2, 0) is 14.4 Å². The summed E-state index contributed by atoms with van der Waals surface area (Å²) in [5, 5.41) is 5.84. The number of halogens is 1. The summed E-state index contributed by atoms with van der Waals surface area (Å²) in [4.78, 5) is 38.4.